The predicted octanol–water partition coefficient (Wildman–Crippen LogP) is -0.147. The van der Waals surface area contributed by atoms with Gasteiger partial charge >= 0.3 is 12.0 Å². The van der Waals surface area contributed by atoms with Crippen LogP contribution in [0.15, 0.2) is 0 Å². The Labute approximate surface area is 95.0 Å². The minimum atomic E-state index is -0.997. The Bertz CT molecular complexity index is 264. The van der Waals surface area contributed by atoms with Crippen LogP contribution in [0.2, 0.25) is 0 Å². The summed E-state index contributed by atoms with van der Waals surface area (Å²) in [5.74, 6) is -0.997. The second-order valence-electron chi connectivity index (χ2n) is 4.10. The third-order valence-electron chi connectivity index (χ3n) is 2.93. The largest absolute Gasteiger partial charge is 0.480 e. The van der Waals surface area contributed by atoms with E-state index in [0.29, 0.717) is 0 Å². The van der Waals surface area contributed by atoms with Crippen LogP contribution in [-0.4, -0.2) is 54.2 Å². The zero-order chi connectivity index (χ0) is 12.1. The second kappa shape index (κ2) is 5.69. The fraction of sp³-hybridized carbons (Fsp3) is 0.800. The van der Waals surface area contributed by atoms with Crippen molar-refractivity contribution in [3.63, 3.8) is 0 Å². The highest BCUT2D eigenvalue weighted by Gasteiger charge is 2.24. The van der Waals surface area contributed by atoms with Crippen molar-refractivity contribution >= 4 is 12.0 Å². The highest BCUT2D eigenvalue weighted by molar-refractivity contribution is 5.82. The number of carboxylic acids is 1. The van der Waals surface area contributed by atoms with E-state index in [0.717, 1.165) is 25.9 Å². The van der Waals surface area contributed by atoms with E-state index in [4.69, 9.17) is 5.11 Å². The lowest BCUT2D eigenvalue weighted by molar-refractivity contribution is -0.141. The van der Waals surface area contributed by atoms with Gasteiger partial charge in [0.25, 0.3) is 0 Å². The quantitative estimate of drug-likeness (QED) is 0.629. The molecular formula is C10H19N3O3. The molecule has 1 aliphatic rings. The van der Waals surface area contributed by atoms with Gasteiger partial charge in [-0.15, -0.1) is 0 Å². The molecule has 0 aromatic rings. The van der Waals surface area contributed by atoms with E-state index in [1.807, 2.05) is 0 Å². The fourth-order valence-corrected chi connectivity index (χ4v) is 1.58. The maximum atomic E-state index is 11.7. The molecule has 0 radical (unpaired) electrons. The van der Waals surface area contributed by atoms with Crippen LogP contribution in [0.3, 0.4) is 0 Å². The van der Waals surface area contributed by atoms with Crippen molar-refractivity contribution in [1.82, 2.24) is 15.5 Å². The van der Waals surface area contributed by atoms with Gasteiger partial charge in [-0.1, -0.05) is 0 Å². The lowest BCUT2D eigenvalue weighted by Crippen LogP contribution is -2.51. The Morgan fingerprint density at radius 2 is 2.00 bits per heavy atom. The summed E-state index contributed by atoms with van der Waals surface area (Å²) in [5.41, 5.74) is 0. The number of carboxylic acid groups (broad SMARTS) is 1. The van der Waals surface area contributed by atoms with Gasteiger partial charge in [0.05, 0.1) is 0 Å². The molecule has 1 atom stereocenters. The first-order chi connectivity index (χ1) is 7.52. The van der Waals surface area contributed by atoms with Gasteiger partial charge < -0.3 is 20.6 Å². The molecular weight excluding hydrogens is 210 g/mol. The van der Waals surface area contributed by atoms with Gasteiger partial charge in [-0.25, -0.2) is 9.59 Å². The molecule has 0 spiro atoms. The Balaban J connectivity index is 2.41. The summed E-state index contributed by atoms with van der Waals surface area (Å²) >= 11 is 0. The van der Waals surface area contributed by atoms with Crippen molar-refractivity contribution in [3.8, 4) is 0 Å². The summed E-state index contributed by atoms with van der Waals surface area (Å²) in [5, 5.41) is 14.8. The van der Waals surface area contributed by atoms with E-state index in [1.165, 1.54) is 18.9 Å². The van der Waals surface area contributed by atoms with Crippen LogP contribution >= 0.6 is 0 Å². The molecule has 1 aliphatic heterocycles. The predicted molar refractivity (Wildman–Crippen MR) is 59.3 cm³/mol. The summed E-state index contributed by atoms with van der Waals surface area (Å²) in [6.45, 7) is 3.27. The number of piperidine rings is 1. The standard InChI is InChI=1S/C10H19N3O3/c1-7(9(14)15)13(2)10(16)12-8-3-5-11-6-4-8/h7-8,11H,3-6H2,1-2H3,(H,12,16)(H,14,15). The minimum absolute atomic E-state index is 0.150. The normalized spacial score (nSPS) is 18.9. The number of likely N-dealkylation sites (N-methyl/N-ethyl adjacent to an activating group) is 1. The highest BCUT2D eigenvalue weighted by atomic mass is 16.4. The molecule has 16 heavy (non-hydrogen) atoms. The van der Waals surface area contributed by atoms with Crippen molar-refractivity contribution in [2.45, 2.75) is 31.8 Å². The van der Waals surface area contributed by atoms with Crippen LogP contribution in [-0.2, 0) is 4.79 Å². The Morgan fingerprint density at radius 1 is 1.44 bits per heavy atom. The van der Waals surface area contributed by atoms with E-state index >= 15 is 0 Å². The number of nitrogens with zero attached hydrogens (tertiary/aromatic N) is 1. The maximum absolute atomic E-state index is 11.7. The monoisotopic (exact) mass is 229 g/mol. The molecule has 1 fully saturated rings. The molecule has 0 aliphatic carbocycles. The number of hydrogen-bond acceptors (Lipinski definition) is 3. The van der Waals surface area contributed by atoms with Crippen molar-refractivity contribution in [2.75, 3.05) is 20.1 Å². The summed E-state index contributed by atoms with van der Waals surface area (Å²) in [6, 6.07) is -0.972. The number of aliphatic carboxylic acids is 1. The fourth-order valence-electron chi connectivity index (χ4n) is 1.58. The van der Waals surface area contributed by atoms with Crippen LogP contribution < -0.4 is 10.6 Å². The third kappa shape index (κ3) is 3.37. The Kier molecular flexibility index (Phi) is 4.54. The lowest BCUT2D eigenvalue weighted by atomic mass is 10.1. The number of nitrogens with one attached hydrogen (secondary N) is 2. The van der Waals surface area contributed by atoms with Crippen molar-refractivity contribution in [3.05, 3.63) is 0 Å². The molecule has 3 N–H and O–H groups in total. The van der Waals surface area contributed by atoms with Crippen LogP contribution in [0.1, 0.15) is 19.8 Å². The maximum Gasteiger partial charge on any atom is 0.326 e. The van der Waals surface area contributed by atoms with E-state index < -0.39 is 12.0 Å². The second-order valence-corrected chi connectivity index (χ2v) is 4.10. The Hall–Kier alpha value is -1.30. The molecule has 0 aromatic heterocycles. The van der Waals surface area contributed by atoms with Crippen LogP contribution in [0.25, 0.3) is 0 Å². The van der Waals surface area contributed by atoms with Crippen molar-refractivity contribution < 1.29 is 14.7 Å². The van der Waals surface area contributed by atoms with Crippen molar-refractivity contribution in [1.29, 1.82) is 0 Å². The highest BCUT2D eigenvalue weighted by Crippen LogP contribution is 2.04. The molecule has 1 rings (SSSR count). The first-order valence-electron chi connectivity index (χ1n) is 5.49. The van der Waals surface area contributed by atoms with E-state index in [9.17, 15) is 9.59 Å². The van der Waals surface area contributed by atoms with E-state index in [2.05, 4.69) is 10.6 Å². The molecule has 6 heteroatoms. The minimum Gasteiger partial charge on any atom is -0.480 e. The summed E-state index contributed by atoms with van der Waals surface area (Å²) in [7, 11) is 1.50. The SMILES string of the molecule is CC(C(=O)O)N(C)C(=O)NC1CCNCC1. The van der Waals surface area contributed by atoms with Gasteiger partial charge in [0, 0.05) is 13.1 Å². The zero-order valence-electron chi connectivity index (χ0n) is 9.69. The topological polar surface area (TPSA) is 81.7 Å². The molecule has 1 saturated heterocycles. The summed E-state index contributed by atoms with van der Waals surface area (Å²) < 4.78 is 0. The number of carbonyl (C=O) groups is 2. The average Bonchev–Trinajstić information content (AvgIpc) is 2.28. The first-order valence-corrected chi connectivity index (χ1v) is 5.49. The molecule has 92 valence electrons. The zero-order valence-corrected chi connectivity index (χ0v) is 9.69. The van der Waals surface area contributed by atoms with Crippen LogP contribution in [0.4, 0.5) is 4.79 Å². The van der Waals surface area contributed by atoms with E-state index in [1.54, 1.807) is 0 Å². The molecule has 0 bridgehead atoms. The Morgan fingerprint density at radius 3 is 2.50 bits per heavy atom. The molecule has 0 aromatic carbocycles. The van der Waals surface area contributed by atoms with Gasteiger partial charge in [0.15, 0.2) is 0 Å². The summed E-state index contributed by atoms with van der Waals surface area (Å²) in [6.07, 6.45) is 1.78. The molecule has 2 amide bonds. The first kappa shape index (κ1) is 12.8. The van der Waals surface area contributed by atoms with Gasteiger partial charge in [-0.3, -0.25) is 0 Å². The molecule has 6 nitrogen and oxygen atoms in total. The summed E-state index contributed by atoms with van der Waals surface area (Å²) in [4.78, 5) is 23.6. The number of amides is 2. The number of hydrogen-bond donors (Lipinski definition) is 3. The lowest BCUT2D eigenvalue weighted by Gasteiger charge is -2.28. The van der Waals surface area contributed by atoms with Crippen molar-refractivity contribution in [2.24, 2.45) is 0 Å². The molecule has 0 saturated carbocycles. The molecule has 1 unspecified atom stereocenters. The molecule has 1 heterocycles. The van der Waals surface area contributed by atoms with Gasteiger partial charge in [-0.05, 0) is 32.9 Å². The smallest absolute Gasteiger partial charge is 0.326 e. The average molecular weight is 229 g/mol. The third-order valence-corrected chi connectivity index (χ3v) is 2.93. The van der Waals surface area contributed by atoms with Crippen LogP contribution in [0, 0.1) is 0 Å². The van der Waals surface area contributed by atoms with Gasteiger partial charge in [0.1, 0.15) is 6.04 Å². The number of carbonyl (C=O) groups excluding carboxylic acids is 1. The number of urea groups is 1. The van der Waals surface area contributed by atoms with Gasteiger partial charge in [0.2, 0.25) is 0 Å². The number of rotatable bonds is 3. The van der Waals surface area contributed by atoms with Crippen LogP contribution in [0.5, 0.6) is 0 Å². The van der Waals surface area contributed by atoms with Gasteiger partial charge in [-0.2, -0.15) is 0 Å². The van der Waals surface area contributed by atoms with E-state index in [-0.39, 0.29) is 12.1 Å².